The summed E-state index contributed by atoms with van der Waals surface area (Å²) in [7, 11) is 0. The van der Waals surface area contributed by atoms with E-state index in [1.807, 2.05) is 0 Å². The predicted octanol–water partition coefficient (Wildman–Crippen LogP) is 3.67. The Bertz CT molecular complexity index is 810. The van der Waals surface area contributed by atoms with Crippen molar-refractivity contribution in [2.75, 3.05) is 0 Å². The first-order valence-corrected chi connectivity index (χ1v) is 8.33. The van der Waals surface area contributed by atoms with Gasteiger partial charge in [0.15, 0.2) is 0 Å². The van der Waals surface area contributed by atoms with Crippen molar-refractivity contribution >= 4 is 34.8 Å². The molecular weight excluding hydrogens is 397 g/mol. The fourth-order valence-corrected chi connectivity index (χ4v) is 2.86. The maximum absolute atomic E-state index is 12.4. The topological polar surface area (TPSA) is 91.5 Å². The number of amides is 1. The maximum Gasteiger partial charge on any atom is 0.573 e. The molecule has 0 saturated heterocycles. The Labute approximate surface area is 154 Å². The van der Waals surface area contributed by atoms with Gasteiger partial charge < -0.3 is 15.2 Å². The van der Waals surface area contributed by atoms with E-state index < -0.39 is 24.0 Å². The van der Waals surface area contributed by atoms with Crippen molar-refractivity contribution in [3.8, 4) is 17.0 Å². The van der Waals surface area contributed by atoms with E-state index >= 15 is 0 Å². The van der Waals surface area contributed by atoms with Crippen molar-refractivity contribution in [1.82, 2.24) is 4.98 Å². The molecule has 1 amide bonds. The van der Waals surface area contributed by atoms with Gasteiger partial charge in [-0.05, 0) is 18.2 Å². The molecule has 0 aliphatic heterocycles. The Morgan fingerprint density at radius 3 is 2.62 bits per heavy atom. The van der Waals surface area contributed by atoms with Crippen LogP contribution in [0.3, 0.4) is 0 Å². The van der Waals surface area contributed by atoms with Crippen LogP contribution in [0, 0.1) is 0 Å². The quantitative estimate of drug-likeness (QED) is 0.706. The van der Waals surface area contributed by atoms with Gasteiger partial charge in [-0.3, -0.25) is 9.59 Å². The van der Waals surface area contributed by atoms with E-state index in [2.05, 4.69) is 9.72 Å². The Morgan fingerprint density at radius 1 is 1.23 bits per heavy atom. The lowest BCUT2D eigenvalue weighted by molar-refractivity contribution is -0.274. The van der Waals surface area contributed by atoms with Crippen molar-refractivity contribution in [2.45, 2.75) is 25.8 Å². The van der Waals surface area contributed by atoms with Gasteiger partial charge in [0.05, 0.1) is 22.5 Å². The van der Waals surface area contributed by atoms with Gasteiger partial charge >= 0.3 is 12.3 Å². The van der Waals surface area contributed by atoms with Gasteiger partial charge in [-0.25, -0.2) is 4.98 Å². The molecule has 0 spiro atoms. The summed E-state index contributed by atoms with van der Waals surface area (Å²) in [6.07, 6.45) is -5.16. The SMILES string of the molecule is NC(=O)CCC(=O)OCc1scnc1-c1cc(Cl)cc(OC(F)(F)F)c1. The Morgan fingerprint density at radius 2 is 1.96 bits per heavy atom. The van der Waals surface area contributed by atoms with Gasteiger partial charge in [0, 0.05) is 17.0 Å². The smallest absolute Gasteiger partial charge is 0.460 e. The summed E-state index contributed by atoms with van der Waals surface area (Å²) < 4.78 is 46.1. The number of thiazole rings is 1. The number of carbonyl (C=O) groups excluding carboxylic acids is 2. The number of rotatable bonds is 7. The largest absolute Gasteiger partial charge is 0.573 e. The molecular formula is C15H12ClF3N2O4S. The van der Waals surface area contributed by atoms with Crippen molar-refractivity contribution in [3.05, 3.63) is 33.6 Å². The molecule has 0 atom stereocenters. The minimum atomic E-state index is -4.86. The van der Waals surface area contributed by atoms with Crippen LogP contribution in [-0.4, -0.2) is 23.2 Å². The zero-order chi connectivity index (χ0) is 19.3. The highest BCUT2D eigenvalue weighted by Crippen LogP contribution is 2.33. The molecule has 2 rings (SSSR count). The zero-order valence-corrected chi connectivity index (χ0v) is 14.6. The minimum Gasteiger partial charge on any atom is -0.460 e. The molecule has 1 aromatic carbocycles. The molecule has 0 aliphatic rings. The average molecular weight is 409 g/mol. The third-order valence-corrected chi connectivity index (χ3v) is 3.98. The molecule has 6 nitrogen and oxygen atoms in total. The van der Waals surface area contributed by atoms with Crippen LogP contribution in [0.25, 0.3) is 11.3 Å². The number of benzene rings is 1. The fourth-order valence-electron chi connectivity index (χ4n) is 1.94. The lowest BCUT2D eigenvalue weighted by atomic mass is 10.1. The fraction of sp³-hybridized carbons (Fsp3) is 0.267. The highest BCUT2D eigenvalue weighted by molar-refractivity contribution is 7.10. The molecule has 26 heavy (non-hydrogen) atoms. The highest BCUT2D eigenvalue weighted by Gasteiger charge is 2.31. The summed E-state index contributed by atoms with van der Waals surface area (Å²) in [4.78, 5) is 26.8. The number of esters is 1. The van der Waals surface area contributed by atoms with Crippen LogP contribution in [0.2, 0.25) is 5.02 Å². The molecule has 1 aromatic heterocycles. The van der Waals surface area contributed by atoms with Crippen molar-refractivity contribution in [2.24, 2.45) is 5.73 Å². The van der Waals surface area contributed by atoms with Gasteiger partial charge in [0.25, 0.3) is 0 Å². The number of nitrogens with zero attached hydrogens (tertiary/aromatic N) is 1. The summed E-state index contributed by atoms with van der Waals surface area (Å²) in [6, 6.07) is 3.57. The number of hydrogen-bond donors (Lipinski definition) is 1. The summed E-state index contributed by atoms with van der Waals surface area (Å²) in [5, 5.41) is 0.0270. The van der Waals surface area contributed by atoms with Crippen LogP contribution >= 0.6 is 22.9 Å². The Kier molecular flexibility index (Phi) is 6.43. The monoisotopic (exact) mass is 408 g/mol. The maximum atomic E-state index is 12.4. The van der Waals surface area contributed by atoms with Gasteiger partial charge in [-0.15, -0.1) is 24.5 Å². The highest BCUT2D eigenvalue weighted by atomic mass is 35.5. The minimum absolute atomic E-state index is 0.0270. The molecule has 2 aromatic rings. The van der Waals surface area contributed by atoms with E-state index in [-0.39, 0.29) is 30.0 Å². The summed E-state index contributed by atoms with van der Waals surface area (Å²) >= 11 is 7.00. The van der Waals surface area contributed by atoms with E-state index in [0.29, 0.717) is 10.6 Å². The van der Waals surface area contributed by atoms with Crippen molar-refractivity contribution in [3.63, 3.8) is 0 Å². The standard InChI is InChI=1S/C15H12ClF3N2O4S/c16-9-3-8(4-10(5-9)25-15(17,18)19)14-11(26-7-21-14)6-24-13(23)2-1-12(20)22/h3-5,7H,1-2,6H2,(H2,20,22). The second-order valence-electron chi connectivity index (χ2n) is 4.97. The first-order chi connectivity index (χ1) is 12.1. The third kappa shape index (κ3) is 6.19. The second kappa shape index (κ2) is 8.37. The van der Waals surface area contributed by atoms with Gasteiger partial charge in [-0.1, -0.05) is 11.6 Å². The summed E-state index contributed by atoms with van der Waals surface area (Å²) in [5.41, 5.74) is 6.99. The molecule has 0 radical (unpaired) electrons. The summed E-state index contributed by atoms with van der Waals surface area (Å²) in [6.45, 7) is -0.153. The van der Waals surface area contributed by atoms with Gasteiger partial charge in [0.1, 0.15) is 12.4 Å². The second-order valence-corrected chi connectivity index (χ2v) is 6.35. The Balaban J connectivity index is 2.14. The van der Waals surface area contributed by atoms with E-state index in [0.717, 1.165) is 23.5 Å². The van der Waals surface area contributed by atoms with Crippen molar-refractivity contribution < 1.29 is 32.2 Å². The first kappa shape index (κ1) is 20.0. The van der Waals surface area contributed by atoms with E-state index in [9.17, 15) is 22.8 Å². The van der Waals surface area contributed by atoms with E-state index in [4.69, 9.17) is 22.1 Å². The number of aromatic nitrogens is 1. The van der Waals surface area contributed by atoms with Crippen molar-refractivity contribution in [1.29, 1.82) is 0 Å². The number of nitrogens with two attached hydrogens (primary N) is 1. The number of hydrogen-bond acceptors (Lipinski definition) is 6. The van der Waals surface area contributed by atoms with Crippen LogP contribution in [0.1, 0.15) is 17.7 Å². The molecule has 1 heterocycles. The number of ether oxygens (including phenoxy) is 2. The molecule has 0 bridgehead atoms. The zero-order valence-electron chi connectivity index (χ0n) is 13.0. The molecule has 0 saturated carbocycles. The third-order valence-electron chi connectivity index (χ3n) is 2.96. The van der Waals surface area contributed by atoms with Crippen LogP contribution in [0.4, 0.5) is 13.2 Å². The number of carbonyl (C=O) groups is 2. The number of primary amides is 1. The van der Waals surface area contributed by atoms with Crippen LogP contribution in [0.5, 0.6) is 5.75 Å². The van der Waals surface area contributed by atoms with E-state index in [1.165, 1.54) is 11.6 Å². The predicted molar refractivity (Wildman–Crippen MR) is 87.5 cm³/mol. The Hall–Kier alpha value is -2.33. The molecule has 140 valence electrons. The lowest BCUT2D eigenvalue weighted by Crippen LogP contribution is -2.17. The first-order valence-electron chi connectivity index (χ1n) is 7.07. The van der Waals surface area contributed by atoms with Crippen LogP contribution in [0.15, 0.2) is 23.7 Å². The molecule has 0 aliphatic carbocycles. The summed E-state index contributed by atoms with van der Waals surface area (Å²) in [5.74, 6) is -1.75. The van der Waals surface area contributed by atoms with E-state index in [1.54, 1.807) is 0 Å². The average Bonchev–Trinajstić information content (AvgIpc) is 2.97. The number of halogens is 4. The lowest BCUT2D eigenvalue weighted by Gasteiger charge is -2.11. The number of alkyl halides is 3. The van der Waals surface area contributed by atoms with Crippen LogP contribution < -0.4 is 10.5 Å². The molecule has 0 unspecified atom stereocenters. The van der Waals surface area contributed by atoms with Gasteiger partial charge in [0.2, 0.25) is 5.91 Å². The molecule has 0 fully saturated rings. The normalized spacial score (nSPS) is 11.2. The van der Waals surface area contributed by atoms with Crippen LogP contribution in [-0.2, 0) is 20.9 Å². The van der Waals surface area contributed by atoms with Gasteiger partial charge in [-0.2, -0.15) is 0 Å². The molecule has 2 N–H and O–H groups in total. The molecule has 11 heteroatoms.